The van der Waals surface area contributed by atoms with Crippen LogP contribution in [0.3, 0.4) is 0 Å². The van der Waals surface area contributed by atoms with Crippen molar-refractivity contribution in [2.24, 2.45) is 0 Å². The molecule has 0 aliphatic carbocycles. The SMILES string of the molecule is COC(=O)c1ccc(C(C)Oc2cccc(C)c2F)o1. The summed E-state index contributed by atoms with van der Waals surface area (Å²) >= 11 is 0. The summed E-state index contributed by atoms with van der Waals surface area (Å²) in [6.07, 6.45) is -0.523. The maximum absolute atomic E-state index is 13.8. The van der Waals surface area contributed by atoms with Crippen molar-refractivity contribution >= 4 is 5.97 Å². The van der Waals surface area contributed by atoms with E-state index in [9.17, 15) is 9.18 Å². The third-order valence-corrected chi connectivity index (χ3v) is 2.87. The van der Waals surface area contributed by atoms with E-state index in [0.29, 0.717) is 11.3 Å². The highest BCUT2D eigenvalue weighted by atomic mass is 19.1. The number of hydrogen-bond donors (Lipinski definition) is 0. The largest absolute Gasteiger partial charge is 0.480 e. The number of halogens is 1. The van der Waals surface area contributed by atoms with Crippen LogP contribution in [0, 0.1) is 12.7 Å². The number of methoxy groups -OCH3 is 1. The number of carbonyl (C=O) groups is 1. The zero-order valence-electron chi connectivity index (χ0n) is 11.5. The maximum atomic E-state index is 13.8. The number of rotatable bonds is 4. The predicted octanol–water partition coefficient (Wildman–Crippen LogP) is 3.65. The van der Waals surface area contributed by atoms with Gasteiger partial charge in [-0.15, -0.1) is 0 Å². The Morgan fingerprint density at radius 3 is 2.75 bits per heavy atom. The van der Waals surface area contributed by atoms with Gasteiger partial charge in [0.05, 0.1) is 7.11 Å². The molecule has 5 heteroatoms. The second kappa shape index (κ2) is 5.77. The molecule has 2 rings (SSSR count). The van der Waals surface area contributed by atoms with E-state index in [4.69, 9.17) is 9.15 Å². The van der Waals surface area contributed by atoms with E-state index in [0.717, 1.165) is 0 Å². The van der Waals surface area contributed by atoms with Gasteiger partial charge >= 0.3 is 5.97 Å². The molecule has 0 N–H and O–H groups in total. The highest BCUT2D eigenvalue weighted by Crippen LogP contribution is 2.27. The molecule has 0 radical (unpaired) electrons. The van der Waals surface area contributed by atoms with Crippen LogP contribution in [-0.2, 0) is 4.74 Å². The van der Waals surface area contributed by atoms with E-state index < -0.39 is 17.9 Å². The second-order valence-electron chi connectivity index (χ2n) is 4.34. The Morgan fingerprint density at radius 1 is 1.30 bits per heavy atom. The van der Waals surface area contributed by atoms with Crippen LogP contribution in [0.15, 0.2) is 34.7 Å². The van der Waals surface area contributed by atoms with Crippen molar-refractivity contribution < 1.29 is 23.1 Å². The maximum Gasteiger partial charge on any atom is 0.373 e. The third kappa shape index (κ3) is 2.82. The zero-order chi connectivity index (χ0) is 14.7. The standard InChI is InChI=1S/C15H15FO4/c1-9-5-4-6-12(14(9)16)19-10(2)11-7-8-13(20-11)15(17)18-3/h4-8,10H,1-3H3. The van der Waals surface area contributed by atoms with E-state index in [2.05, 4.69) is 4.74 Å². The summed E-state index contributed by atoms with van der Waals surface area (Å²) in [5.74, 6) is -0.313. The molecule has 0 spiro atoms. The van der Waals surface area contributed by atoms with Gasteiger partial charge in [-0.05, 0) is 37.6 Å². The van der Waals surface area contributed by atoms with Crippen molar-refractivity contribution in [2.45, 2.75) is 20.0 Å². The first kappa shape index (κ1) is 14.1. The number of carbonyl (C=O) groups excluding carboxylic acids is 1. The molecular formula is C15H15FO4. The molecule has 1 unspecified atom stereocenters. The minimum atomic E-state index is -0.565. The van der Waals surface area contributed by atoms with Gasteiger partial charge in [0, 0.05) is 0 Å². The Labute approximate surface area is 116 Å². The summed E-state index contributed by atoms with van der Waals surface area (Å²) in [5.41, 5.74) is 0.504. The van der Waals surface area contributed by atoms with Gasteiger partial charge in [0.1, 0.15) is 5.76 Å². The van der Waals surface area contributed by atoms with Gasteiger partial charge in [0.25, 0.3) is 0 Å². The van der Waals surface area contributed by atoms with Gasteiger partial charge in [0.15, 0.2) is 17.7 Å². The Kier molecular flexibility index (Phi) is 4.08. The summed E-state index contributed by atoms with van der Waals surface area (Å²) in [7, 11) is 1.27. The normalized spacial score (nSPS) is 12.0. The molecule has 0 aliphatic rings. The van der Waals surface area contributed by atoms with E-state index in [1.807, 2.05) is 0 Å². The van der Waals surface area contributed by atoms with Crippen LogP contribution in [-0.4, -0.2) is 13.1 Å². The van der Waals surface area contributed by atoms with E-state index >= 15 is 0 Å². The van der Waals surface area contributed by atoms with Crippen LogP contribution in [0.1, 0.15) is 34.9 Å². The van der Waals surface area contributed by atoms with E-state index in [-0.39, 0.29) is 11.5 Å². The van der Waals surface area contributed by atoms with Gasteiger partial charge < -0.3 is 13.9 Å². The van der Waals surface area contributed by atoms with Gasteiger partial charge in [-0.3, -0.25) is 0 Å². The lowest BCUT2D eigenvalue weighted by atomic mass is 10.2. The Morgan fingerprint density at radius 2 is 2.05 bits per heavy atom. The fourth-order valence-corrected chi connectivity index (χ4v) is 1.74. The van der Waals surface area contributed by atoms with E-state index in [1.165, 1.54) is 13.2 Å². The fraction of sp³-hybridized carbons (Fsp3) is 0.267. The summed E-state index contributed by atoms with van der Waals surface area (Å²) in [4.78, 5) is 11.3. The number of hydrogen-bond acceptors (Lipinski definition) is 4. The van der Waals surface area contributed by atoms with Gasteiger partial charge in [0.2, 0.25) is 5.76 Å². The quantitative estimate of drug-likeness (QED) is 0.801. The Hall–Kier alpha value is -2.30. The van der Waals surface area contributed by atoms with Crippen LogP contribution in [0.2, 0.25) is 0 Å². The molecule has 20 heavy (non-hydrogen) atoms. The van der Waals surface area contributed by atoms with Crippen LogP contribution >= 0.6 is 0 Å². The van der Waals surface area contributed by atoms with Crippen molar-refractivity contribution in [1.82, 2.24) is 0 Å². The van der Waals surface area contributed by atoms with Gasteiger partial charge in [-0.2, -0.15) is 0 Å². The summed E-state index contributed by atoms with van der Waals surface area (Å²) in [6.45, 7) is 3.37. The number of furan rings is 1. The van der Waals surface area contributed by atoms with Gasteiger partial charge in [-0.1, -0.05) is 12.1 Å². The summed E-state index contributed by atoms with van der Waals surface area (Å²) in [6, 6.07) is 8.01. The van der Waals surface area contributed by atoms with Gasteiger partial charge in [-0.25, -0.2) is 9.18 Å². The average Bonchev–Trinajstić information content (AvgIpc) is 2.93. The van der Waals surface area contributed by atoms with Crippen LogP contribution in [0.4, 0.5) is 4.39 Å². The molecule has 0 saturated carbocycles. The Balaban J connectivity index is 2.16. The molecule has 0 bridgehead atoms. The molecular weight excluding hydrogens is 263 g/mol. The van der Waals surface area contributed by atoms with Crippen molar-refractivity contribution in [3.63, 3.8) is 0 Å². The molecule has 2 aromatic rings. The van der Waals surface area contributed by atoms with Crippen LogP contribution < -0.4 is 4.74 Å². The smallest absolute Gasteiger partial charge is 0.373 e. The number of ether oxygens (including phenoxy) is 2. The van der Waals surface area contributed by atoms with Crippen LogP contribution in [0.25, 0.3) is 0 Å². The minimum Gasteiger partial charge on any atom is -0.480 e. The lowest BCUT2D eigenvalue weighted by Gasteiger charge is -2.13. The highest BCUT2D eigenvalue weighted by molar-refractivity contribution is 5.86. The molecule has 1 atom stereocenters. The van der Waals surface area contributed by atoms with Crippen molar-refractivity contribution in [2.75, 3.05) is 7.11 Å². The first-order valence-corrected chi connectivity index (χ1v) is 6.12. The number of esters is 1. The monoisotopic (exact) mass is 278 g/mol. The molecule has 0 fully saturated rings. The summed E-state index contributed by atoms with van der Waals surface area (Å²) < 4.78 is 29.2. The minimum absolute atomic E-state index is 0.0858. The first-order valence-electron chi connectivity index (χ1n) is 6.12. The molecule has 0 amide bonds. The molecule has 1 aromatic carbocycles. The number of aryl methyl sites for hydroxylation is 1. The zero-order valence-corrected chi connectivity index (χ0v) is 11.5. The molecule has 0 saturated heterocycles. The average molecular weight is 278 g/mol. The third-order valence-electron chi connectivity index (χ3n) is 2.87. The predicted molar refractivity (Wildman–Crippen MR) is 70.2 cm³/mol. The topological polar surface area (TPSA) is 48.7 Å². The first-order chi connectivity index (χ1) is 9.52. The number of benzene rings is 1. The lowest BCUT2D eigenvalue weighted by molar-refractivity contribution is 0.0558. The van der Waals surface area contributed by atoms with Crippen molar-refractivity contribution in [3.05, 3.63) is 53.2 Å². The van der Waals surface area contributed by atoms with Crippen molar-refractivity contribution in [1.29, 1.82) is 0 Å². The Bertz CT molecular complexity index is 618. The molecule has 1 aromatic heterocycles. The molecule has 1 heterocycles. The second-order valence-corrected chi connectivity index (χ2v) is 4.34. The summed E-state index contributed by atoms with van der Waals surface area (Å²) in [5, 5.41) is 0. The fourth-order valence-electron chi connectivity index (χ4n) is 1.74. The molecule has 106 valence electrons. The van der Waals surface area contributed by atoms with Crippen molar-refractivity contribution in [3.8, 4) is 5.75 Å². The van der Waals surface area contributed by atoms with E-state index in [1.54, 1.807) is 38.1 Å². The molecule has 0 aliphatic heterocycles. The van der Waals surface area contributed by atoms with Crippen LogP contribution in [0.5, 0.6) is 5.75 Å². The lowest BCUT2D eigenvalue weighted by Crippen LogP contribution is -2.04. The highest BCUT2D eigenvalue weighted by Gasteiger charge is 2.18. The molecule has 4 nitrogen and oxygen atoms in total.